The van der Waals surface area contributed by atoms with Crippen LogP contribution in [0.3, 0.4) is 0 Å². The molecule has 1 aliphatic heterocycles. The van der Waals surface area contributed by atoms with Gasteiger partial charge in [0.05, 0.1) is 24.7 Å². The highest BCUT2D eigenvalue weighted by Gasteiger charge is 2.59. The Bertz CT molecular complexity index is 376. The van der Waals surface area contributed by atoms with Crippen LogP contribution in [0.5, 0.6) is 0 Å². The number of amides is 1. The third-order valence-corrected chi connectivity index (χ3v) is 3.17. The Morgan fingerprint density at radius 2 is 2.05 bits per heavy atom. The summed E-state index contributed by atoms with van der Waals surface area (Å²) in [7, 11) is 0. The van der Waals surface area contributed by atoms with Gasteiger partial charge in [0.1, 0.15) is 11.7 Å². The minimum atomic E-state index is -0.564. The van der Waals surface area contributed by atoms with E-state index in [9.17, 15) is 9.59 Å². The van der Waals surface area contributed by atoms with Crippen molar-refractivity contribution in [3.63, 3.8) is 0 Å². The SMILES string of the molecule is CCOC(=O)[C@H]1C[C@@H]2O[C@@H]2[C@H]1NC(=O)OC(C)(C)C. The van der Waals surface area contributed by atoms with Gasteiger partial charge >= 0.3 is 12.1 Å². The van der Waals surface area contributed by atoms with Crippen LogP contribution in [0.4, 0.5) is 4.79 Å². The summed E-state index contributed by atoms with van der Waals surface area (Å²) < 4.78 is 15.6. The molecule has 1 aliphatic carbocycles. The van der Waals surface area contributed by atoms with E-state index in [1.807, 2.05) is 0 Å². The van der Waals surface area contributed by atoms with Crippen molar-refractivity contribution in [3.8, 4) is 0 Å². The molecule has 4 atom stereocenters. The van der Waals surface area contributed by atoms with E-state index in [0.29, 0.717) is 13.0 Å². The van der Waals surface area contributed by atoms with Crippen LogP contribution in [-0.2, 0) is 19.0 Å². The van der Waals surface area contributed by atoms with Crippen molar-refractivity contribution in [3.05, 3.63) is 0 Å². The molecule has 2 fully saturated rings. The van der Waals surface area contributed by atoms with Crippen molar-refractivity contribution < 1.29 is 23.8 Å². The van der Waals surface area contributed by atoms with Crippen LogP contribution in [0.1, 0.15) is 34.1 Å². The van der Waals surface area contributed by atoms with E-state index < -0.39 is 11.7 Å². The Labute approximate surface area is 112 Å². The number of hydrogen-bond acceptors (Lipinski definition) is 5. The summed E-state index contributed by atoms with van der Waals surface area (Å²) in [5.74, 6) is -0.615. The number of esters is 1. The zero-order valence-corrected chi connectivity index (χ0v) is 11.8. The lowest BCUT2D eigenvalue weighted by Gasteiger charge is -2.24. The highest BCUT2D eigenvalue weighted by molar-refractivity contribution is 5.76. The average molecular weight is 271 g/mol. The molecule has 0 aromatic rings. The van der Waals surface area contributed by atoms with Crippen LogP contribution in [0, 0.1) is 5.92 Å². The van der Waals surface area contributed by atoms with Crippen molar-refractivity contribution in [2.24, 2.45) is 5.92 Å². The van der Waals surface area contributed by atoms with Gasteiger partial charge in [-0.25, -0.2) is 4.79 Å². The molecule has 1 heterocycles. The van der Waals surface area contributed by atoms with E-state index in [1.54, 1.807) is 27.7 Å². The maximum absolute atomic E-state index is 11.8. The predicted molar refractivity (Wildman–Crippen MR) is 66.6 cm³/mol. The summed E-state index contributed by atoms with van der Waals surface area (Å²) in [4.78, 5) is 23.6. The van der Waals surface area contributed by atoms with Gasteiger partial charge in [-0.3, -0.25) is 4.79 Å². The molecule has 1 amide bonds. The molecule has 0 radical (unpaired) electrons. The lowest BCUT2D eigenvalue weighted by molar-refractivity contribution is -0.149. The zero-order valence-electron chi connectivity index (χ0n) is 11.8. The summed E-state index contributed by atoms with van der Waals surface area (Å²) in [6, 6.07) is -0.348. The van der Waals surface area contributed by atoms with Crippen LogP contribution in [-0.4, -0.2) is 42.5 Å². The smallest absolute Gasteiger partial charge is 0.407 e. The summed E-state index contributed by atoms with van der Waals surface area (Å²) in [6.07, 6.45) is 0.0588. The fraction of sp³-hybridized carbons (Fsp3) is 0.846. The molecule has 1 saturated heterocycles. The molecule has 0 aromatic carbocycles. The molecule has 0 bridgehead atoms. The summed E-state index contributed by atoms with van der Waals surface area (Å²) in [5.41, 5.74) is -0.564. The molecule has 19 heavy (non-hydrogen) atoms. The van der Waals surface area contributed by atoms with Gasteiger partial charge in [-0.05, 0) is 34.1 Å². The van der Waals surface area contributed by atoms with E-state index in [2.05, 4.69) is 5.32 Å². The Hall–Kier alpha value is -1.30. The second-order valence-electron chi connectivity index (χ2n) is 5.91. The van der Waals surface area contributed by atoms with Crippen LogP contribution in [0.15, 0.2) is 0 Å². The first kappa shape index (κ1) is 14.1. The quantitative estimate of drug-likeness (QED) is 0.617. The van der Waals surface area contributed by atoms with Crippen LogP contribution in [0.25, 0.3) is 0 Å². The van der Waals surface area contributed by atoms with Crippen LogP contribution >= 0.6 is 0 Å². The van der Waals surface area contributed by atoms with E-state index in [0.717, 1.165) is 0 Å². The number of carbonyl (C=O) groups is 2. The minimum absolute atomic E-state index is 0.0642. The largest absolute Gasteiger partial charge is 0.466 e. The monoisotopic (exact) mass is 271 g/mol. The maximum Gasteiger partial charge on any atom is 0.407 e. The lowest BCUT2D eigenvalue weighted by Crippen LogP contribution is -2.46. The van der Waals surface area contributed by atoms with Crippen molar-refractivity contribution in [1.29, 1.82) is 0 Å². The number of hydrogen-bond donors (Lipinski definition) is 1. The highest BCUT2D eigenvalue weighted by atomic mass is 16.6. The Balaban J connectivity index is 1.93. The number of carbonyl (C=O) groups excluding carboxylic acids is 2. The number of fused-ring (bicyclic) bond motifs is 1. The van der Waals surface area contributed by atoms with Gasteiger partial charge < -0.3 is 19.5 Å². The summed E-state index contributed by atoms with van der Waals surface area (Å²) in [5, 5.41) is 2.73. The van der Waals surface area contributed by atoms with E-state index in [1.165, 1.54) is 0 Å². The fourth-order valence-corrected chi connectivity index (χ4v) is 2.41. The van der Waals surface area contributed by atoms with Crippen LogP contribution in [0.2, 0.25) is 0 Å². The zero-order chi connectivity index (χ0) is 14.2. The molecular formula is C13H21NO5. The molecule has 6 nitrogen and oxygen atoms in total. The number of epoxide rings is 1. The summed E-state index contributed by atoms with van der Waals surface area (Å²) >= 11 is 0. The first-order chi connectivity index (χ1) is 8.81. The standard InChI is InChI=1S/C13H21NO5/c1-5-17-11(15)7-6-8-10(18-8)9(7)14-12(16)19-13(2,3)4/h7-10H,5-6H2,1-4H3,(H,14,16)/t7-,8-,9-,10-/m0/s1. The van der Waals surface area contributed by atoms with Gasteiger partial charge in [0.25, 0.3) is 0 Å². The molecule has 6 heteroatoms. The van der Waals surface area contributed by atoms with Gasteiger partial charge in [-0.15, -0.1) is 0 Å². The van der Waals surface area contributed by atoms with Gasteiger partial charge in [0.15, 0.2) is 0 Å². The molecule has 0 unspecified atom stereocenters. The molecule has 0 spiro atoms. The molecule has 1 saturated carbocycles. The van der Waals surface area contributed by atoms with Gasteiger partial charge in [-0.1, -0.05) is 0 Å². The van der Waals surface area contributed by atoms with Crippen molar-refractivity contribution in [2.75, 3.05) is 6.61 Å². The normalized spacial score (nSPS) is 32.4. The predicted octanol–water partition coefficient (Wildman–Crippen LogP) is 1.23. The molecule has 1 N–H and O–H groups in total. The topological polar surface area (TPSA) is 77.2 Å². The highest BCUT2D eigenvalue weighted by Crippen LogP contribution is 2.43. The van der Waals surface area contributed by atoms with Crippen molar-refractivity contribution in [1.82, 2.24) is 5.32 Å². The first-order valence-corrected chi connectivity index (χ1v) is 6.63. The van der Waals surface area contributed by atoms with Gasteiger partial charge in [-0.2, -0.15) is 0 Å². The average Bonchev–Trinajstić information content (AvgIpc) is 2.93. The number of nitrogens with one attached hydrogen (secondary N) is 1. The molecular weight excluding hydrogens is 250 g/mol. The molecule has 0 aromatic heterocycles. The molecule has 108 valence electrons. The third-order valence-electron chi connectivity index (χ3n) is 3.17. The van der Waals surface area contributed by atoms with Gasteiger partial charge in [0.2, 0.25) is 0 Å². The minimum Gasteiger partial charge on any atom is -0.466 e. The molecule has 2 rings (SSSR count). The second-order valence-corrected chi connectivity index (χ2v) is 5.91. The van der Waals surface area contributed by atoms with Crippen LogP contribution < -0.4 is 5.32 Å². The van der Waals surface area contributed by atoms with E-state index >= 15 is 0 Å². The van der Waals surface area contributed by atoms with E-state index in [4.69, 9.17) is 14.2 Å². The van der Waals surface area contributed by atoms with Gasteiger partial charge in [0, 0.05) is 0 Å². The lowest BCUT2D eigenvalue weighted by atomic mass is 10.0. The maximum atomic E-state index is 11.8. The number of rotatable bonds is 3. The fourth-order valence-electron chi connectivity index (χ4n) is 2.41. The van der Waals surface area contributed by atoms with Crippen molar-refractivity contribution >= 4 is 12.1 Å². The Morgan fingerprint density at radius 3 is 2.63 bits per heavy atom. The third kappa shape index (κ3) is 3.37. The summed E-state index contributed by atoms with van der Waals surface area (Å²) in [6.45, 7) is 7.48. The molecule has 2 aliphatic rings. The Kier molecular flexibility index (Phi) is 3.71. The first-order valence-electron chi connectivity index (χ1n) is 6.63. The number of alkyl carbamates (subject to hydrolysis) is 1. The Morgan fingerprint density at radius 1 is 1.37 bits per heavy atom. The second kappa shape index (κ2) is 5.00. The number of ether oxygens (including phenoxy) is 3. The van der Waals surface area contributed by atoms with E-state index in [-0.39, 0.29) is 30.1 Å². The van der Waals surface area contributed by atoms with Crippen molar-refractivity contribution in [2.45, 2.75) is 58.0 Å².